The smallest absolute Gasteiger partial charge is 0.254 e. The molecule has 27 heavy (non-hydrogen) atoms. The molecule has 2 heterocycles. The highest BCUT2D eigenvalue weighted by Gasteiger charge is 2.24. The minimum absolute atomic E-state index is 0.0257. The lowest BCUT2D eigenvalue weighted by Gasteiger charge is -2.32. The molecule has 0 spiro atoms. The van der Waals surface area contributed by atoms with Gasteiger partial charge in [-0.1, -0.05) is 13.8 Å². The number of rotatable bonds is 7. The predicted molar refractivity (Wildman–Crippen MR) is 101 cm³/mol. The van der Waals surface area contributed by atoms with Crippen LogP contribution in [0.25, 0.3) is 0 Å². The molecule has 4 N–H and O–H groups in total. The number of nitrogens with zero attached hydrogens (tertiary/aromatic N) is 3. The Hall–Kier alpha value is -2.42. The molecule has 9 nitrogen and oxygen atoms in total. The van der Waals surface area contributed by atoms with Crippen LogP contribution in [0.1, 0.15) is 37.0 Å². The fourth-order valence-corrected chi connectivity index (χ4v) is 2.96. The number of nitrogens with one attached hydrogen (secondary N) is 2. The number of hydrogen-bond donors (Lipinski definition) is 3. The van der Waals surface area contributed by atoms with Gasteiger partial charge in [-0.15, -0.1) is 0 Å². The zero-order valence-electron chi connectivity index (χ0n) is 16.3. The molecule has 0 saturated carbocycles. The molecule has 150 valence electrons. The van der Waals surface area contributed by atoms with E-state index in [2.05, 4.69) is 15.7 Å². The number of likely N-dealkylation sites (tertiary alicyclic amines) is 1. The van der Waals surface area contributed by atoms with Gasteiger partial charge in [-0.25, -0.2) is 0 Å². The minimum atomic E-state index is -0.605. The van der Waals surface area contributed by atoms with E-state index in [1.807, 2.05) is 13.8 Å². The quantitative estimate of drug-likeness (QED) is 0.590. The van der Waals surface area contributed by atoms with E-state index in [-0.39, 0.29) is 30.2 Å². The van der Waals surface area contributed by atoms with E-state index in [4.69, 9.17) is 5.73 Å². The van der Waals surface area contributed by atoms with Crippen LogP contribution < -0.4 is 16.4 Å². The number of aryl methyl sites for hydroxylation is 1. The molecule has 1 aromatic rings. The first-order valence-electron chi connectivity index (χ1n) is 9.35. The highest BCUT2D eigenvalue weighted by atomic mass is 16.2. The molecule has 2 rings (SSSR count). The summed E-state index contributed by atoms with van der Waals surface area (Å²) in [4.78, 5) is 37.9. The van der Waals surface area contributed by atoms with Crippen molar-refractivity contribution in [1.29, 1.82) is 0 Å². The number of hydrogen-bond acceptors (Lipinski definition) is 5. The van der Waals surface area contributed by atoms with E-state index in [0.29, 0.717) is 31.1 Å². The summed E-state index contributed by atoms with van der Waals surface area (Å²) in [5.41, 5.74) is 6.31. The molecule has 1 fully saturated rings. The largest absolute Gasteiger partial charge is 0.352 e. The van der Waals surface area contributed by atoms with Crippen molar-refractivity contribution in [3.8, 4) is 0 Å². The fraction of sp³-hybridized carbons (Fsp3) is 0.667. The van der Waals surface area contributed by atoms with Crippen molar-refractivity contribution in [3.63, 3.8) is 0 Å². The molecule has 1 aromatic heterocycles. The summed E-state index contributed by atoms with van der Waals surface area (Å²) >= 11 is 0. The maximum atomic E-state index is 12.2. The number of carbonyl (C=O) groups excluding carboxylic acids is 3. The summed E-state index contributed by atoms with van der Waals surface area (Å²) in [7, 11) is 1.77. The Morgan fingerprint density at radius 1 is 1.26 bits per heavy atom. The zero-order chi connectivity index (χ0) is 20.0. The van der Waals surface area contributed by atoms with Crippen molar-refractivity contribution in [2.75, 3.05) is 26.2 Å². The van der Waals surface area contributed by atoms with E-state index in [0.717, 1.165) is 12.8 Å². The van der Waals surface area contributed by atoms with Crippen LogP contribution in [0.3, 0.4) is 0 Å². The summed E-state index contributed by atoms with van der Waals surface area (Å²) < 4.78 is 1.59. The van der Waals surface area contributed by atoms with Gasteiger partial charge in [0.2, 0.25) is 11.8 Å². The van der Waals surface area contributed by atoms with Crippen LogP contribution in [0.4, 0.5) is 0 Å². The number of piperidine rings is 1. The average molecular weight is 378 g/mol. The van der Waals surface area contributed by atoms with E-state index < -0.39 is 6.04 Å². The van der Waals surface area contributed by atoms with Gasteiger partial charge in [0, 0.05) is 32.9 Å². The second-order valence-corrected chi connectivity index (χ2v) is 7.42. The monoisotopic (exact) mass is 378 g/mol. The molecule has 0 bridgehead atoms. The molecule has 0 aromatic carbocycles. The topological polar surface area (TPSA) is 122 Å². The maximum absolute atomic E-state index is 12.2. The molecule has 1 aliphatic rings. The molecule has 1 saturated heterocycles. The lowest BCUT2D eigenvalue weighted by atomic mass is 9.96. The number of nitrogens with two attached hydrogens (primary N) is 1. The van der Waals surface area contributed by atoms with Gasteiger partial charge in [0.15, 0.2) is 0 Å². The van der Waals surface area contributed by atoms with Crippen LogP contribution in [0.15, 0.2) is 12.4 Å². The van der Waals surface area contributed by atoms with Crippen LogP contribution in [0, 0.1) is 11.8 Å². The Morgan fingerprint density at radius 3 is 2.48 bits per heavy atom. The normalized spacial score (nSPS) is 16.3. The predicted octanol–water partition coefficient (Wildman–Crippen LogP) is -0.512. The van der Waals surface area contributed by atoms with E-state index in [9.17, 15) is 14.4 Å². The fourth-order valence-electron chi connectivity index (χ4n) is 2.96. The summed E-state index contributed by atoms with van der Waals surface area (Å²) in [5, 5.41) is 9.52. The minimum Gasteiger partial charge on any atom is -0.352 e. The summed E-state index contributed by atoms with van der Waals surface area (Å²) in [5.74, 6) is -0.175. The van der Waals surface area contributed by atoms with Gasteiger partial charge in [-0.05, 0) is 24.7 Å². The highest BCUT2D eigenvalue weighted by molar-refractivity contribution is 5.93. The Bertz CT molecular complexity index is 664. The Balaban J connectivity index is 1.68. The number of carbonyl (C=O) groups is 3. The van der Waals surface area contributed by atoms with Gasteiger partial charge >= 0.3 is 0 Å². The second-order valence-electron chi connectivity index (χ2n) is 7.42. The third kappa shape index (κ3) is 6.06. The first kappa shape index (κ1) is 20.9. The van der Waals surface area contributed by atoms with Gasteiger partial charge in [0.1, 0.15) is 0 Å². The van der Waals surface area contributed by atoms with Crippen molar-refractivity contribution in [1.82, 2.24) is 25.3 Å². The molecule has 0 radical (unpaired) electrons. The second kappa shape index (κ2) is 9.50. The van der Waals surface area contributed by atoms with Crippen LogP contribution >= 0.6 is 0 Å². The molecule has 0 unspecified atom stereocenters. The van der Waals surface area contributed by atoms with Crippen LogP contribution in [0.5, 0.6) is 0 Å². The molecule has 0 aliphatic carbocycles. The summed E-state index contributed by atoms with van der Waals surface area (Å²) in [6.07, 6.45) is 4.85. The standard InChI is InChI=1S/C18H30N6O3/c1-12(2)16(19)18(27)21-10-15(25)24-6-4-13(5-7-24)8-20-17(26)14-9-22-23(3)11-14/h9,11-13,16H,4-8,10,19H2,1-3H3,(H,20,26)(H,21,27)/t16-/m0/s1. The van der Waals surface area contributed by atoms with Crippen molar-refractivity contribution < 1.29 is 14.4 Å². The lowest BCUT2D eigenvalue weighted by molar-refractivity contribution is -0.134. The molecular weight excluding hydrogens is 348 g/mol. The summed E-state index contributed by atoms with van der Waals surface area (Å²) in [6.45, 7) is 5.53. The van der Waals surface area contributed by atoms with E-state index in [1.165, 1.54) is 6.20 Å². The van der Waals surface area contributed by atoms with Gasteiger partial charge in [0.25, 0.3) is 5.91 Å². The maximum Gasteiger partial charge on any atom is 0.254 e. The Kier molecular flexibility index (Phi) is 7.35. The molecule has 9 heteroatoms. The number of aromatic nitrogens is 2. The SMILES string of the molecule is CC(C)[C@H](N)C(=O)NCC(=O)N1CCC(CNC(=O)c2cnn(C)c2)CC1. The average Bonchev–Trinajstić information content (AvgIpc) is 3.10. The third-order valence-corrected chi connectivity index (χ3v) is 4.92. The molecule has 1 aliphatic heterocycles. The zero-order valence-corrected chi connectivity index (χ0v) is 16.3. The van der Waals surface area contributed by atoms with Crippen molar-refractivity contribution >= 4 is 17.7 Å². The van der Waals surface area contributed by atoms with Crippen molar-refractivity contribution in [2.45, 2.75) is 32.7 Å². The van der Waals surface area contributed by atoms with Gasteiger partial charge in [0.05, 0.1) is 24.3 Å². The van der Waals surface area contributed by atoms with E-state index >= 15 is 0 Å². The van der Waals surface area contributed by atoms with Gasteiger partial charge in [-0.2, -0.15) is 5.10 Å². The number of amides is 3. The molecule has 1 atom stereocenters. The molecular formula is C18H30N6O3. The van der Waals surface area contributed by atoms with Gasteiger partial charge in [-0.3, -0.25) is 19.1 Å². The first-order chi connectivity index (χ1) is 12.8. The van der Waals surface area contributed by atoms with Gasteiger partial charge < -0.3 is 21.3 Å². The Morgan fingerprint density at radius 2 is 1.93 bits per heavy atom. The van der Waals surface area contributed by atoms with Crippen LogP contribution in [-0.4, -0.2) is 64.6 Å². The Labute approximate surface area is 159 Å². The lowest BCUT2D eigenvalue weighted by Crippen LogP contribution is -2.49. The third-order valence-electron chi connectivity index (χ3n) is 4.92. The molecule has 3 amide bonds. The van der Waals surface area contributed by atoms with E-state index in [1.54, 1.807) is 22.8 Å². The van der Waals surface area contributed by atoms with Crippen LogP contribution in [-0.2, 0) is 16.6 Å². The van der Waals surface area contributed by atoms with Crippen LogP contribution in [0.2, 0.25) is 0 Å². The summed E-state index contributed by atoms with van der Waals surface area (Å²) in [6, 6.07) is -0.605. The highest BCUT2D eigenvalue weighted by Crippen LogP contribution is 2.16. The first-order valence-corrected chi connectivity index (χ1v) is 9.35. The van der Waals surface area contributed by atoms with Crippen molar-refractivity contribution in [3.05, 3.63) is 18.0 Å². The van der Waals surface area contributed by atoms with Crippen molar-refractivity contribution in [2.24, 2.45) is 24.6 Å².